The number of sulfonamides is 1. The standard InChI is InChI=1S/C18H25N5O5S/c1-13-6-19-22(7-13)9-15-5-16(20-28-15)17(25)21-4-3-14-8-23(29(2,26)27)11-18(14,10-21)12-24/h5-7,14,24H,3-4,8-12H2,1-2H3/t14-,18+/m0/s1. The summed E-state index contributed by atoms with van der Waals surface area (Å²) in [5, 5.41) is 18.2. The molecule has 0 bridgehead atoms. The van der Waals surface area contributed by atoms with Crippen molar-refractivity contribution in [2.24, 2.45) is 11.3 Å². The molecule has 0 unspecified atom stereocenters. The zero-order chi connectivity index (χ0) is 20.8. The fourth-order valence-electron chi connectivity index (χ4n) is 4.35. The minimum atomic E-state index is -3.34. The summed E-state index contributed by atoms with van der Waals surface area (Å²) in [6.45, 7) is 3.53. The first-order chi connectivity index (χ1) is 13.7. The zero-order valence-corrected chi connectivity index (χ0v) is 17.3. The molecule has 158 valence electrons. The van der Waals surface area contributed by atoms with E-state index in [9.17, 15) is 18.3 Å². The summed E-state index contributed by atoms with van der Waals surface area (Å²) in [6, 6.07) is 1.61. The third kappa shape index (κ3) is 3.81. The first-order valence-corrected chi connectivity index (χ1v) is 11.3. The molecule has 2 aliphatic rings. The number of aliphatic hydroxyl groups excluding tert-OH is 1. The van der Waals surface area contributed by atoms with Gasteiger partial charge in [0.25, 0.3) is 5.91 Å². The van der Waals surface area contributed by atoms with Crippen LogP contribution < -0.4 is 0 Å². The molecule has 0 spiro atoms. The summed E-state index contributed by atoms with van der Waals surface area (Å²) in [6.07, 6.45) is 5.42. The lowest BCUT2D eigenvalue weighted by molar-refractivity contribution is 0.0124. The maximum absolute atomic E-state index is 13.0. The molecule has 29 heavy (non-hydrogen) atoms. The fraction of sp³-hybridized carbons (Fsp3) is 0.611. The van der Waals surface area contributed by atoms with Crippen molar-refractivity contribution in [2.45, 2.75) is 19.9 Å². The SMILES string of the molecule is Cc1cnn(Cc2cc(C(=O)N3CC[C@H]4CN(S(C)(=O)=O)C[C@@]4(CO)C3)no2)c1. The number of piperidine rings is 1. The molecule has 4 heterocycles. The van der Waals surface area contributed by atoms with Crippen molar-refractivity contribution in [3.05, 3.63) is 35.5 Å². The van der Waals surface area contributed by atoms with E-state index in [0.29, 0.717) is 38.4 Å². The molecule has 0 radical (unpaired) electrons. The number of amides is 1. The van der Waals surface area contributed by atoms with Crippen LogP contribution in [0, 0.1) is 18.3 Å². The van der Waals surface area contributed by atoms with Crippen LogP contribution in [-0.4, -0.2) is 82.6 Å². The average molecular weight is 423 g/mol. The van der Waals surface area contributed by atoms with Crippen molar-refractivity contribution in [3.8, 4) is 0 Å². The summed E-state index contributed by atoms with van der Waals surface area (Å²) < 4.78 is 32.3. The van der Waals surface area contributed by atoms with Gasteiger partial charge in [0, 0.05) is 43.9 Å². The monoisotopic (exact) mass is 423 g/mol. The van der Waals surface area contributed by atoms with Crippen molar-refractivity contribution in [1.29, 1.82) is 0 Å². The molecule has 2 aliphatic heterocycles. The number of fused-ring (bicyclic) bond motifs is 1. The molecule has 11 heteroatoms. The average Bonchev–Trinajstić information content (AvgIpc) is 3.39. The third-order valence-electron chi connectivity index (χ3n) is 5.96. The summed E-state index contributed by atoms with van der Waals surface area (Å²) in [5.74, 6) is 0.273. The second-order valence-corrected chi connectivity index (χ2v) is 10.2. The van der Waals surface area contributed by atoms with Gasteiger partial charge in [0.2, 0.25) is 10.0 Å². The maximum atomic E-state index is 13.0. The lowest BCUT2D eigenvalue weighted by Gasteiger charge is -2.42. The van der Waals surface area contributed by atoms with E-state index in [1.807, 2.05) is 13.1 Å². The van der Waals surface area contributed by atoms with Crippen molar-refractivity contribution in [1.82, 2.24) is 24.1 Å². The second kappa shape index (κ2) is 7.22. The Morgan fingerprint density at radius 1 is 1.41 bits per heavy atom. The molecule has 2 atom stereocenters. The molecular weight excluding hydrogens is 398 g/mol. The molecule has 1 amide bonds. The highest BCUT2D eigenvalue weighted by Gasteiger charge is 2.52. The Balaban J connectivity index is 1.47. The van der Waals surface area contributed by atoms with Crippen molar-refractivity contribution in [3.63, 3.8) is 0 Å². The van der Waals surface area contributed by atoms with Gasteiger partial charge in [-0.15, -0.1) is 0 Å². The van der Waals surface area contributed by atoms with Gasteiger partial charge in [0.05, 0.1) is 19.1 Å². The lowest BCUT2D eigenvalue weighted by atomic mass is 9.74. The van der Waals surface area contributed by atoms with E-state index in [1.54, 1.807) is 21.8 Å². The van der Waals surface area contributed by atoms with Gasteiger partial charge in [0.1, 0.15) is 6.54 Å². The molecule has 2 fully saturated rings. The van der Waals surface area contributed by atoms with E-state index in [4.69, 9.17) is 4.52 Å². The van der Waals surface area contributed by atoms with Gasteiger partial charge in [-0.1, -0.05) is 5.16 Å². The Hall–Kier alpha value is -2.24. The number of hydrogen-bond donors (Lipinski definition) is 1. The van der Waals surface area contributed by atoms with Gasteiger partial charge < -0.3 is 14.5 Å². The number of hydrogen-bond acceptors (Lipinski definition) is 7. The van der Waals surface area contributed by atoms with Gasteiger partial charge >= 0.3 is 0 Å². The molecule has 4 rings (SSSR count). The number of aliphatic hydroxyl groups is 1. The third-order valence-corrected chi connectivity index (χ3v) is 7.18. The summed E-state index contributed by atoms with van der Waals surface area (Å²) >= 11 is 0. The molecule has 0 aliphatic carbocycles. The van der Waals surface area contributed by atoms with E-state index in [1.165, 1.54) is 10.6 Å². The van der Waals surface area contributed by atoms with E-state index < -0.39 is 15.4 Å². The van der Waals surface area contributed by atoms with Crippen molar-refractivity contribution < 1.29 is 22.8 Å². The van der Waals surface area contributed by atoms with Gasteiger partial charge in [-0.3, -0.25) is 9.48 Å². The summed E-state index contributed by atoms with van der Waals surface area (Å²) in [7, 11) is -3.34. The predicted molar refractivity (Wildman–Crippen MR) is 103 cm³/mol. The highest BCUT2D eigenvalue weighted by Crippen LogP contribution is 2.42. The van der Waals surface area contributed by atoms with E-state index in [2.05, 4.69) is 10.3 Å². The van der Waals surface area contributed by atoms with Crippen LogP contribution in [0.25, 0.3) is 0 Å². The van der Waals surface area contributed by atoms with Crippen LogP contribution in [0.1, 0.15) is 28.2 Å². The minimum absolute atomic E-state index is 0.0298. The van der Waals surface area contributed by atoms with Crippen LogP contribution in [0.4, 0.5) is 0 Å². The van der Waals surface area contributed by atoms with Crippen molar-refractivity contribution >= 4 is 15.9 Å². The minimum Gasteiger partial charge on any atom is -0.396 e. The summed E-state index contributed by atoms with van der Waals surface area (Å²) in [5.41, 5.74) is 0.585. The van der Waals surface area contributed by atoms with E-state index in [0.717, 1.165) is 5.56 Å². The Labute approximate surface area is 169 Å². The second-order valence-electron chi connectivity index (χ2n) is 8.18. The number of carbonyl (C=O) groups is 1. The number of likely N-dealkylation sites (tertiary alicyclic amines) is 1. The summed E-state index contributed by atoms with van der Waals surface area (Å²) in [4.78, 5) is 14.6. The van der Waals surface area contributed by atoms with Crippen LogP contribution in [0.3, 0.4) is 0 Å². The molecule has 2 saturated heterocycles. The Kier molecular flexibility index (Phi) is 4.99. The Morgan fingerprint density at radius 2 is 2.21 bits per heavy atom. The molecule has 1 N–H and O–H groups in total. The smallest absolute Gasteiger partial charge is 0.276 e. The number of carbonyl (C=O) groups excluding carboxylic acids is 1. The van der Waals surface area contributed by atoms with E-state index in [-0.39, 0.29) is 30.7 Å². The Bertz CT molecular complexity index is 1020. The van der Waals surface area contributed by atoms with E-state index >= 15 is 0 Å². The quantitative estimate of drug-likeness (QED) is 0.715. The highest BCUT2D eigenvalue weighted by atomic mass is 32.2. The normalized spacial score (nSPS) is 25.3. The lowest BCUT2D eigenvalue weighted by Crippen LogP contribution is -2.52. The van der Waals surface area contributed by atoms with Gasteiger partial charge in [-0.2, -0.15) is 5.10 Å². The topological polar surface area (TPSA) is 122 Å². The first kappa shape index (κ1) is 20.0. The van der Waals surface area contributed by atoms with Crippen LogP contribution in [0.15, 0.2) is 23.0 Å². The zero-order valence-electron chi connectivity index (χ0n) is 16.5. The van der Waals surface area contributed by atoms with Gasteiger partial charge in [-0.05, 0) is 24.8 Å². The van der Waals surface area contributed by atoms with Crippen LogP contribution in [-0.2, 0) is 16.6 Å². The molecular formula is C18H25N5O5S. The number of nitrogens with zero attached hydrogens (tertiary/aromatic N) is 5. The number of rotatable bonds is 5. The molecule has 10 nitrogen and oxygen atoms in total. The fourth-order valence-corrected chi connectivity index (χ4v) is 5.29. The predicted octanol–water partition coefficient (Wildman–Crippen LogP) is -0.0562. The van der Waals surface area contributed by atoms with Gasteiger partial charge in [0.15, 0.2) is 11.5 Å². The largest absolute Gasteiger partial charge is 0.396 e. The molecule has 2 aromatic heterocycles. The molecule has 0 saturated carbocycles. The number of aryl methyl sites for hydroxylation is 1. The molecule has 2 aromatic rings. The first-order valence-electron chi connectivity index (χ1n) is 9.50. The number of aromatic nitrogens is 3. The van der Waals surface area contributed by atoms with Gasteiger partial charge in [-0.25, -0.2) is 12.7 Å². The molecule has 0 aromatic carbocycles. The van der Waals surface area contributed by atoms with Crippen LogP contribution in [0.5, 0.6) is 0 Å². The maximum Gasteiger partial charge on any atom is 0.276 e. The highest BCUT2D eigenvalue weighted by molar-refractivity contribution is 7.88. The Morgan fingerprint density at radius 3 is 2.86 bits per heavy atom. The van der Waals surface area contributed by atoms with Crippen LogP contribution in [0.2, 0.25) is 0 Å². The van der Waals surface area contributed by atoms with Crippen LogP contribution >= 0.6 is 0 Å². The van der Waals surface area contributed by atoms with Crippen molar-refractivity contribution in [2.75, 3.05) is 39.0 Å².